The van der Waals surface area contributed by atoms with Crippen LogP contribution in [0.5, 0.6) is 5.88 Å². The molecule has 0 saturated heterocycles. The monoisotopic (exact) mass is 505 g/mol. The Hall–Kier alpha value is -3.45. The molecule has 1 atom stereocenters. The molecule has 176 valence electrons. The van der Waals surface area contributed by atoms with Gasteiger partial charge in [-0.1, -0.05) is 64.8 Å². The maximum absolute atomic E-state index is 12.4. The van der Waals surface area contributed by atoms with Crippen LogP contribution in [0.1, 0.15) is 28.1 Å². The normalized spacial score (nSPS) is 13.1. The zero-order valence-corrected chi connectivity index (χ0v) is 20.7. The zero-order chi connectivity index (χ0) is 24.7. The summed E-state index contributed by atoms with van der Waals surface area (Å²) in [7, 11) is 1.54. The van der Waals surface area contributed by atoms with Gasteiger partial charge >= 0.3 is 0 Å². The third-order valence-corrected chi connectivity index (χ3v) is 6.78. The number of halogens is 2. The molecule has 2 aromatic carbocycles. The van der Waals surface area contributed by atoms with Gasteiger partial charge in [0.2, 0.25) is 5.88 Å². The van der Waals surface area contributed by atoms with Gasteiger partial charge in [0.1, 0.15) is 16.5 Å². The van der Waals surface area contributed by atoms with Crippen LogP contribution in [-0.4, -0.2) is 27.3 Å². The van der Waals surface area contributed by atoms with Gasteiger partial charge < -0.3 is 14.4 Å². The zero-order valence-electron chi connectivity index (χ0n) is 19.2. The molecule has 0 bridgehead atoms. The lowest BCUT2D eigenvalue weighted by Gasteiger charge is -2.29. The fraction of sp³-hybridized carbons (Fsp3) is 0.148. The highest BCUT2D eigenvalue weighted by Crippen LogP contribution is 2.43. The lowest BCUT2D eigenvalue weighted by Crippen LogP contribution is -2.30. The van der Waals surface area contributed by atoms with Gasteiger partial charge in [-0.25, -0.2) is 9.97 Å². The molecule has 0 aliphatic rings. The molecule has 8 heteroatoms. The fourth-order valence-electron chi connectivity index (χ4n) is 4.44. The number of hydrogen-bond acceptors (Lipinski definition) is 6. The Morgan fingerprint density at radius 2 is 1.71 bits per heavy atom. The Morgan fingerprint density at radius 1 is 0.971 bits per heavy atom. The highest BCUT2D eigenvalue weighted by molar-refractivity contribution is 6.42. The lowest BCUT2D eigenvalue weighted by atomic mass is 9.79. The van der Waals surface area contributed by atoms with E-state index in [2.05, 4.69) is 15.1 Å². The van der Waals surface area contributed by atoms with Crippen LogP contribution in [0.4, 0.5) is 0 Å². The van der Waals surface area contributed by atoms with Crippen molar-refractivity contribution >= 4 is 34.1 Å². The number of aliphatic hydroxyl groups is 1. The molecule has 0 aliphatic heterocycles. The minimum absolute atomic E-state index is 0.307. The molecule has 35 heavy (non-hydrogen) atoms. The number of methoxy groups -OCH3 is 1. The summed E-state index contributed by atoms with van der Waals surface area (Å²) in [6, 6.07) is 18.5. The number of ether oxygens (including phenoxy) is 1. The molecule has 0 aliphatic carbocycles. The van der Waals surface area contributed by atoms with Crippen LogP contribution >= 0.6 is 23.2 Å². The van der Waals surface area contributed by atoms with E-state index >= 15 is 0 Å². The van der Waals surface area contributed by atoms with Crippen molar-refractivity contribution in [2.45, 2.75) is 19.4 Å². The van der Waals surface area contributed by atoms with Gasteiger partial charge in [-0.15, -0.1) is 0 Å². The van der Waals surface area contributed by atoms with E-state index in [1.165, 1.54) is 7.11 Å². The highest BCUT2D eigenvalue weighted by atomic mass is 35.5. The summed E-state index contributed by atoms with van der Waals surface area (Å²) in [5.74, 6) is 0.925. The molecular formula is C27H21Cl2N3O3. The van der Waals surface area contributed by atoms with Crippen LogP contribution in [0.15, 0.2) is 71.4 Å². The number of aryl methyl sites for hydroxylation is 2. The minimum Gasteiger partial charge on any atom is -0.481 e. The van der Waals surface area contributed by atoms with Gasteiger partial charge in [-0.05, 0) is 43.2 Å². The molecule has 0 radical (unpaired) electrons. The summed E-state index contributed by atoms with van der Waals surface area (Å²) in [5, 5.41) is 17.8. The van der Waals surface area contributed by atoms with Crippen LogP contribution in [0.2, 0.25) is 10.2 Å². The van der Waals surface area contributed by atoms with E-state index in [1.54, 1.807) is 44.3 Å². The van der Waals surface area contributed by atoms with Crippen molar-refractivity contribution in [2.24, 2.45) is 0 Å². The number of benzene rings is 2. The van der Waals surface area contributed by atoms with Gasteiger partial charge in [0.15, 0.2) is 0 Å². The van der Waals surface area contributed by atoms with Crippen LogP contribution < -0.4 is 4.74 Å². The number of nitrogens with zero attached hydrogens (tertiary/aromatic N) is 3. The Morgan fingerprint density at radius 3 is 2.34 bits per heavy atom. The van der Waals surface area contributed by atoms with E-state index in [9.17, 15) is 5.11 Å². The van der Waals surface area contributed by atoms with Crippen LogP contribution in [0.3, 0.4) is 0 Å². The number of fused-ring (bicyclic) bond motifs is 1. The standard InChI is InChI=1S/C27H21Cl2N3O3/c1-15-24(16(2)35-32-15)27(33,19-10-12-22(34-3)30-14-19)18-9-11-21-20(13-18)25(28)23(26(29)31-21)17-7-5-4-6-8-17/h4-14,33H,1-3H3. The van der Waals surface area contributed by atoms with Crippen LogP contribution in [0, 0.1) is 13.8 Å². The van der Waals surface area contributed by atoms with Crippen LogP contribution in [-0.2, 0) is 5.60 Å². The SMILES string of the molecule is COc1ccc(C(O)(c2ccc3nc(Cl)c(-c4ccccc4)c(Cl)c3c2)c2c(C)noc2C)cn1. The average Bonchev–Trinajstić information content (AvgIpc) is 3.22. The third kappa shape index (κ3) is 3.84. The first-order valence-corrected chi connectivity index (χ1v) is 11.6. The first-order valence-electron chi connectivity index (χ1n) is 10.9. The summed E-state index contributed by atoms with van der Waals surface area (Å²) in [6.07, 6.45) is 1.58. The molecule has 1 N–H and O–H groups in total. The Balaban J connectivity index is 1.79. The van der Waals surface area contributed by atoms with Gasteiger partial charge in [-0.3, -0.25) is 0 Å². The summed E-state index contributed by atoms with van der Waals surface area (Å²) in [4.78, 5) is 8.88. The summed E-state index contributed by atoms with van der Waals surface area (Å²) in [6.45, 7) is 3.55. The maximum atomic E-state index is 12.4. The van der Waals surface area contributed by atoms with E-state index in [0.717, 1.165) is 5.56 Å². The molecule has 0 saturated carbocycles. The van der Waals surface area contributed by atoms with E-state index in [-0.39, 0.29) is 0 Å². The second-order valence-electron chi connectivity index (χ2n) is 8.19. The van der Waals surface area contributed by atoms with Gasteiger partial charge in [-0.2, -0.15) is 0 Å². The van der Waals surface area contributed by atoms with Gasteiger partial charge in [0.05, 0.1) is 28.9 Å². The molecule has 3 heterocycles. The van der Waals surface area contributed by atoms with E-state index < -0.39 is 5.60 Å². The molecule has 5 rings (SSSR count). The van der Waals surface area contributed by atoms with Crippen molar-refractivity contribution in [3.8, 4) is 17.0 Å². The number of hydrogen-bond donors (Lipinski definition) is 1. The summed E-state index contributed by atoms with van der Waals surface area (Å²) >= 11 is 13.4. The van der Waals surface area contributed by atoms with Crippen molar-refractivity contribution in [3.63, 3.8) is 0 Å². The second-order valence-corrected chi connectivity index (χ2v) is 8.92. The fourth-order valence-corrected chi connectivity index (χ4v) is 5.13. The Kier molecular flexibility index (Phi) is 5.97. The number of rotatable bonds is 5. The molecule has 0 amide bonds. The molecule has 0 fully saturated rings. The minimum atomic E-state index is -1.63. The molecular weight excluding hydrogens is 485 g/mol. The molecule has 6 nitrogen and oxygen atoms in total. The Labute approximate surface area is 212 Å². The highest BCUT2D eigenvalue weighted by Gasteiger charge is 2.40. The summed E-state index contributed by atoms with van der Waals surface area (Å²) in [5.41, 5.74) is 2.63. The van der Waals surface area contributed by atoms with E-state index in [4.69, 9.17) is 32.5 Å². The third-order valence-electron chi connectivity index (χ3n) is 6.12. The predicted molar refractivity (Wildman–Crippen MR) is 136 cm³/mol. The lowest BCUT2D eigenvalue weighted by molar-refractivity contribution is 0.123. The number of pyridine rings is 2. The molecule has 0 spiro atoms. The van der Waals surface area contributed by atoms with E-state index in [1.807, 2.05) is 36.4 Å². The average molecular weight is 506 g/mol. The van der Waals surface area contributed by atoms with E-state index in [0.29, 0.717) is 60.7 Å². The maximum Gasteiger partial charge on any atom is 0.212 e. The van der Waals surface area contributed by atoms with Crippen LogP contribution in [0.25, 0.3) is 22.0 Å². The topological polar surface area (TPSA) is 81.3 Å². The largest absolute Gasteiger partial charge is 0.481 e. The quantitative estimate of drug-likeness (QED) is 0.274. The predicted octanol–water partition coefficient (Wildman–Crippen LogP) is 6.50. The number of aromatic nitrogens is 3. The Bertz CT molecular complexity index is 1520. The first kappa shape index (κ1) is 23.3. The molecule has 1 unspecified atom stereocenters. The molecule has 3 aromatic heterocycles. The van der Waals surface area contributed by atoms with Crippen molar-refractivity contribution in [3.05, 3.63) is 105 Å². The van der Waals surface area contributed by atoms with Gasteiger partial charge in [0.25, 0.3) is 0 Å². The first-order chi connectivity index (χ1) is 16.8. The summed E-state index contributed by atoms with van der Waals surface area (Å²) < 4.78 is 10.6. The van der Waals surface area contributed by atoms with Crippen molar-refractivity contribution in [1.29, 1.82) is 0 Å². The second kappa shape index (κ2) is 8.96. The van der Waals surface area contributed by atoms with Crippen molar-refractivity contribution < 1.29 is 14.4 Å². The smallest absolute Gasteiger partial charge is 0.212 e. The van der Waals surface area contributed by atoms with Crippen molar-refractivity contribution in [2.75, 3.05) is 7.11 Å². The molecule has 5 aromatic rings. The van der Waals surface area contributed by atoms with Crippen molar-refractivity contribution in [1.82, 2.24) is 15.1 Å². The van der Waals surface area contributed by atoms with Gasteiger partial charge in [0, 0.05) is 28.8 Å².